The summed E-state index contributed by atoms with van der Waals surface area (Å²) in [6.07, 6.45) is 9.73. The van der Waals surface area contributed by atoms with Crippen LogP contribution in [-0.2, 0) is 27.2 Å². The lowest BCUT2D eigenvalue weighted by molar-refractivity contribution is -0.149. The van der Waals surface area contributed by atoms with Crippen molar-refractivity contribution in [2.75, 3.05) is 27.2 Å². The molecule has 3 aromatic carbocycles. The number of nitrogens with zero attached hydrogens (tertiary/aromatic N) is 3. The molecule has 3 amide bonds. The van der Waals surface area contributed by atoms with Gasteiger partial charge in [0, 0.05) is 45.6 Å². The summed E-state index contributed by atoms with van der Waals surface area (Å²) in [7, 11) is 3.41. The lowest BCUT2D eigenvalue weighted by Gasteiger charge is -2.38. The summed E-state index contributed by atoms with van der Waals surface area (Å²) in [6, 6.07) is 22.6. The molecule has 0 aromatic heterocycles. The second kappa shape index (κ2) is 14.4. The fourth-order valence-corrected chi connectivity index (χ4v) is 6.54. The molecule has 5 rings (SSSR count). The summed E-state index contributed by atoms with van der Waals surface area (Å²) in [5, 5.41) is 2.19. The minimum absolute atomic E-state index is 0.0336. The second-order valence-electron chi connectivity index (χ2n) is 13.3. The van der Waals surface area contributed by atoms with Crippen molar-refractivity contribution >= 4 is 28.5 Å². The van der Waals surface area contributed by atoms with Gasteiger partial charge in [0.05, 0.1) is 0 Å². The van der Waals surface area contributed by atoms with Crippen LogP contribution in [0, 0.1) is 5.92 Å². The van der Waals surface area contributed by atoms with E-state index in [2.05, 4.69) is 31.2 Å². The zero-order valence-corrected chi connectivity index (χ0v) is 27.0. The third kappa shape index (κ3) is 8.01. The average Bonchev–Trinajstić information content (AvgIpc) is 3.04. The Morgan fingerprint density at radius 3 is 2.18 bits per heavy atom. The van der Waals surface area contributed by atoms with Crippen LogP contribution in [0.2, 0.25) is 0 Å². The molecule has 0 spiro atoms. The van der Waals surface area contributed by atoms with Gasteiger partial charge in [-0.15, -0.1) is 0 Å². The van der Waals surface area contributed by atoms with Crippen molar-refractivity contribution in [3.8, 4) is 0 Å². The van der Waals surface area contributed by atoms with Crippen LogP contribution >= 0.6 is 0 Å². The van der Waals surface area contributed by atoms with Crippen molar-refractivity contribution in [2.24, 2.45) is 11.7 Å². The molecular weight excluding hydrogens is 560 g/mol. The number of piperidine rings is 1. The molecule has 45 heavy (non-hydrogen) atoms. The molecule has 0 radical (unpaired) electrons. The molecule has 2 aliphatic rings. The Morgan fingerprint density at radius 1 is 0.867 bits per heavy atom. The molecule has 2 fully saturated rings. The first-order valence-corrected chi connectivity index (χ1v) is 16.4. The van der Waals surface area contributed by atoms with Gasteiger partial charge in [-0.2, -0.15) is 0 Å². The number of carbonyl (C=O) groups excluding carboxylic acids is 3. The number of likely N-dealkylation sites (N-methyl/N-ethyl adjacent to an activating group) is 2. The van der Waals surface area contributed by atoms with Crippen LogP contribution in [0.4, 0.5) is 0 Å². The molecule has 1 aliphatic carbocycles. The summed E-state index contributed by atoms with van der Waals surface area (Å²) >= 11 is 0. The Hall–Kier alpha value is -3.97. The molecule has 0 unspecified atom stereocenters. The third-order valence-corrected chi connectivity index (χ3v) is 9.94. The summed E-state index contributed by atoms with van der Waals surface area (Å²) in [5.41, 5.74) is 8.10. The van der Waals surface area contributed by atoms with Gasteiger partial charge in [0.1, 0.15) is 12.1 Å². The third-order valence-electron chi connectivity index (χ3n) is 9.94. The number of likely N-dealkylation sites (tertiary alicyclic amines) is 1. The van der Waals surface area contributed by atoms with E-state index in [1.54, 1.807) is 25.1 Å². The second-order valence-corrected chi connectivity index (χ2v) is 13.3. The first-order valence-electron chi connectivity index (χ1n) is 16.4. The minimum Gasteiger partial charge on any atom is -0.341 e. The number of hydrogen-bond donors (Lipinski definition) is 1. The van der Waals surface area contributed by atoms with E-state index in [4.69, 9.17) is 5.73 Å². The van der Waals surface area contributed by atoms with Gasteiger partial charge in [0.25, 0.3) is 0 Å². The molecule has 2 atom stereocenters. The van der Waals surface area contributed by atoms with Gasteiger partial charge in [-0.1, -0.05) is 85.8 Å². The van der Waals surface area contributed by atoms with Crippen molar-refractivity contribution in [2.45, 2.75) is 75.9 Å². The number of rotatable bonds is 11. The number of fused-ring (bicyclic) bond motifs is 1. The lowest BCUT2D eigenvalue weighted by atomic mass is 9.75. The molecule has 7 heteroatoms. The lowest BCUT2D eigenvalue weighted by Crippen LogP contribution is -2.57. The quantitative estimate of drug-likeness (QED) is 0.297. The summed E-state index contributed by atoms with van der Waals surface area (Å²) < 4.78 is 0. The van der Waals surface area contributed by atoms with E-state index in [-0.39, 0.29) is 23.3 Å². The van der Waals surface area contributed by atoms with Crippen LogP contribution in [-0.4, -0.2) is 77.2 Å². The number of benzene rings is 3. The zero-order chi connectivity index (χ0) is 32.0. The molecular formula is C38H48N4O3. The summed E-state index contributed by atoms with van der Waals surface area (Å²) in [6.45, 7) is 3.61. The molecule has 1 saturated carbocycles. The van der Waals surface area contributed by atoms with Gasteiger partial charge in [-0.05, 0) is 72.4 Å². The molecule has 2 N–H and O–H groups in total. The van der Waals surface area contributed by atoms with Gasteiger partial charge in [-0.3, -0.25) is 14.4 Å². The predicted octanol–water partition coefficient (Wildman–Crippen LogP) is 5.37. The monoisotopic (exact) mass is 608 g/mol. The summed E-state index contributed by atoms with van der Waals surface area (Å²) in [5.74, 6) is 0.0509. The molecule has 1 saturated heterocycles. The van der Waals surface area contributed by atoms with Crippen molar-refractivity contribution in [3.63, 3.8) is 0 Å². The van der Waals surface area contributed by atoms with Gasteiger partial charge < -0.3 is 20.4 Å². The van der Waals surface area contributed by atoms with Crippen LogP contribution in [0.3, 0.4) is 0 Å². The highest BCUT2D eigenvalue weighted by Gasteiger charge is 2.37. The van der Waals surface area contributed by atoms with E-state index in [9.17, 15) is 14.4 Å². The van der Waals surface area contributed by atoms with Crippen molar-refractivity contribution in [3.05, 3.63) is 96.1 Å². The molecule has 1 aliphatic heterocycles. The van der Waals surface area contributed by atoms with Crippen molar-refractivity contribution < 1.29 is 14.4 Å². The van der Waals surface area contributed by atoms with Crippen LogP contribution in [0.15, 0.2) is 84.9 Å². The maximum Gasteiger partial charge on any atom is 0.246 e. The van der Waals surface area contributed by atoms with Crippen LogP contribution in [0.5, 0.6) is 0 Å². The van der Waals surface area contributed by atoms with Crippen LogP contribution in [0.1, 0.15) is 56.6 Å². The summed E-state index contributed by atoms with van der Waals surface area (Å²) in [4.78, 5) is 47.2. The normalized spacial score (nSPS) is 17.9. The zero-order valence-electron chi connectivity index (χ0n) is 27.0. The topological polar surface area (TPSA) is 87.0 Å². The molecule has 238 valence electrons. The number of amides is 3. The highest BCUT2D eigenvalue weighted by atomic mass is 16.2. The Morgan fingerprint density at radius 2 is 1.51 bits per heavy atom. The van der Waals surface area contributed by atoms with E-state index < -0.39 is 12.1 Å². The van der Waals surface area contributed by atoms with Gasteiger partial charge in [-0.25, -0.2) is 0 Å². The first kappa shape index (κ1) is 32.4. The molecule has 7 nitrogen and oxygen atoms in total. The molecule has 0 bridgehead atoms. The Labute approximate surface area is 268 Å². The van der Waals surface area contributed by atoms with Crippen molar-refractivity contribution in [1.29, 1.82) is 0 Å². The van der Waals surface area contributed by atoms with Gasteiger partial charge >= 0.3 is 0 Å². The largest absolute Gasteiger partial charge is 0.341 e. The van der Waals surface area contributed by atoms with E-state index in [0.29, 0.717) is 38.3 Å². The maximum absolute atomic E-state index is 14.5. The van der Waals surface area contributed by atoms with Gasteiger partial charge in [0.2, 0.25) is 17.7 Å². The van der Waals surface area contributed by atoms with E-state index in [1.807, 2.05) is 59.5 Å². The first-order chi connectivity index (χ1) is 21.6. The predicted molar refractivity (Wildman–Crippen MR) is 180 cm³/mol. The number of hydrogen-bond acceptors (Lipinski definition) is 4. The Balaban J connectivity index is 1.42. The fraction of sp³-hybridized carbons (Fsp3) is 0.447. The highest BCUT2D eigenvalue weighted by Crippen LogP contribution is 2.32. The number of carbonyl (C=O) groups is 3. The Kier molecular flexibility index (Phi) is 10.4. The Bertz CT molecular complexity index is 1510. The molecule has 1 heterocycles. The van der Waals surface area contributed by atoms with Crippen LogP contribution < -0.4 is 5.73 Å². The van der Waals surface area contributed by atoms with E-state index in [0.717, 1.165) is 54.0 Å². The van der Waals surface area contributed by atoms with Gasteiger partial charge in [0.15, 0.2) is 0 Å². The van der Waals surface area contributed by atoms with Crippen molar-refractivity contribution in [1.82, 2.24) is 14.7 Å². The van der Waals surface area contributed by atoms with E-state index >= 15 is 0 Å². The van der Waals surface area contributed by atoms with Crippen LogP contribution in [0.25, 0.3) is 10.8 Å². The minimum atomic E-state index is -0.795. The maximum atomic E-state index is 14.5. The fourth-order valence-electron chi connectivity index (χ4n) is 6.54. The smallest absolute Gasteiger partial charge is 0.246 e. The highest BCUT2D eigenvalue weighted by molar-refractivity contribution is 5.95. The standard InChI is InChI=1S/C38H48N4O3/c1-28-18-23-42(24-19-28)37(45)34(26-29-11-5-4-6-12-29)41(3)36(44)33(27-30-16-17-31-13-7-8-14-32(31)25-30)40(2)35(43)15-9-20-38(39)21-10-22-38/h4-9,11-17,25,28,33-34H,10,18-24,26-27,39H2,1-3H3/b15-9+/t33-,34-/m1/s1. The number of nitrogens with two attached hydrogens (primary N) is 1. The van der Waals surface area contributed by atoms with E-state index in [1.165, 1.54) is 4.90 Å². The SMILES string of the molecule is CC1CCN(C(=O)[C@@H](Cc2ccccc2)N(C)C(=O)[C@@H](Cc2ccc3ccccc3c2)N(C)C(=O)/C=C/CC2(N)CCC2)CC1. The average molecular weight is 609 g/mol. The molecule has 3 aromatic rings.